The van der Waals surface area contributed by atoms with Crippen LogP contribution >= 0.6 is 0 Å². The zero-order chi connectivity index (χ0) is 19.5. The zero-order valence-corrected chi connectivity index (χ0v) is 15.9. The molecule has 2 heterocycles. The number of nitrogens with one attached hydrogen (secondary N) is 1. The van der Waals surface area contributed by atoms with Gasteiger partial charge in [-0.05, 0) is 29.3 Å². The Balaban J connectivity index is 1.67. The normalized spacial score (nSPS) is 10.9. The molecule has 0 radical (unpaired) electrons. The molecule has 3 aromatic carbocycles. The summed E-state index contributed by atoms with van der Waals surface area (Å²) in [4.78, 5) is 9.16. The van der Waals surface area contributed by atoms with E-state index >= 15 is 0 Å². The van der Waals surface area contributed by atoms with Crippen LogP contribution in [0.3, 0.4) is 0 Å². The molecule has 0 saturated carbocycles. The van der Waals surface area contributed by atoms with Crippen molar-refractivity contribution in [2.45, 2.75) is 6.54 Å². The van der Waals surface area contributed by atoms with Gasteiger partial charge in [-0.2, -0.15) is 0 Å². The number of anilines is 2. The van der Waals surface area contributed by atoms with Crippen LogP contribution in [0.2, 0.25) is 0 Å². The molecule has 5 rings (SSSR count). The second-order valence-electron chi connectivity index (χ2n) is 6.92. The third kappa shape index (κ3) is 3.48. The monoisotopic (exact) mass is 376 g/mol. The quantitative estimate of drug-likeness (QED) is 0.416. The molecule has 2 aromatic heterocycles. The van der Waals surface area contributed by atoms with Gasteiger partial charge in [0.25, 0.3) is 0 Å². The second-order valence-corrected chi connectivity index (χ2v) is 6.92. The summed E-state index contributed by atoms with van der Waals surface area (Å²) < 4.78 is 2.26. The van der Waals surface area contributed by atoms with Crippen LogP contribution in [0.1, 0.15) is 5.56 Å². The lowest BCUT2D eigenvalue weighted by Gasteiger charge is -2.11. The van der Waals surface area contributed by atoms with Gasteiger partial charge in [0.2, 0.25) is 0 Å². The first kappa shape index (κ1) is 17.2. The lowest BCUT2D eigenvalue weighted by atomic mass is 10.1. The van der Waals surface area contributed by atoms with Crippen molar-refractivity contribution in [3.05, 3.63) is 109 Å². The first-order chi connectivity index (χ1) is 14.4. The number of rotatable bonds is 5. The molecule has 0 spiro atoms. The summed E-state index contributed by atoms with van der Waals surface area (Å²) in [5.74, 6) is 0.810. The summed E-state index contributed by atoms with van der Waals surface area (Å²) in [6.07, 6.45) is 1.63. The minimum absolute atomic E-state index is 0.746. The van der Waals surface area contributed by atoms with E-state index in [4.69, 9.17) is 0 Å². The average molecular weight is 376 g/mol. The highest BCUT2D eigenvalue weighted by Crippen LogP contribution is 2.32. The van der Waals surface area contributed by atoms with Gasteiger partial charge in [0, 0.05) is 12.2 Å². The third-order valence-corrected chi connectivity index (χ3v) is 4.98. The van der Waals surface area contributed by atoms with E-state index in [0.717, 1.165) is 40.3 Å². The molecule has 140 valence electrons. The van der Waals surface area contributed by atoms with E-state index in [-0.39, 0.29) is 0 Å². The fraction of sp³-hybridized carbons (Fsp3) is 0.0400. The Morgan fingerprint density at radius 2 is 1.38 bits per heavy atom. The van der Waals surface area contributed by atoms with Crippen molar-refractivity contribution in [2.75, 3.05) is 5.32 Å². The molecule has 0 atom stereocenters. The molecular formula is C25H20N4. The SMILES string of the molecule is c1ccc(Cn2c(-c3ccccc3)cc3c(Nc4ccccc4)ncnc32)cc1. The minimum Gasteiger partial charge on any atom is -0.340 e. The van der Waals surface area contributed by atoms with Gasteiger partial charge in [-0.15, -0.1) is 0 Å². The highest BCUT2D eigenvalue weighted by molar-refractivity contribution is 5.93. The molecule has 29 heavy (non-hydrogen) atoms. The molecule has 1 N–H and O–H groups in total. The molecule has 0 aliphatic carbocycles. The van der Waals surface area contributed by atoms with E-state index in [0.29, 0.717) is 0 Å². The van der Waals surface area contributed by atoms with Gasteiger partial charge in [0.1, 0.15) is 17.8 Å². The van der Waals surface area contributed by atoms with Crippen molar-refractivity contribution in [2.24, 2.45) is 0 Å². The fourth-order valence-electron chi connectivity index (χ4n) is 3.59. The number of nitrogens with zero attached hydrogens (tertiary/aromatic N) is 3. The molecule has 5 aromatic rings. The van der Waals surface area contributed by atoms with Crippen molar-refractivity contribution in [1.29, 1.82) is 0 Å². The zero-order valence-electron chi connectivity index (χ0n) is 15.9. The number of benzene rings is 3. The maximum Gasteiger partial charge on any atom is 0.146 e. The van der Waals surface area contributed by atoms with E-state index in [9.17, 15) is 0 Å². The van der Waals surface area contributed by atoms with Gasteiger partial charge >= 0.3 is 0 Å². The smallest absolute Gasteiger partial charge is 0.146 e. The molecule has 0 saturated heterocycles. The molecule has 4 nitrogen and oxygen atoms in total. The first-order valence-corrected chi connectivity index (χ1v) is 9.64. The van der Waals surface area contributed by atoms with Gasteiger partial charge in [-0.1, -0.05) is 78.9 Å². The van der Waals surface area contributed by atoms with Crippen LogP contribution in [0.5, 0.6) is 0 Å². The van der Waals surface area contributed by atoms with E-state index in [2.05, 4.69) is 74.4 Å². The highest BCUT2D eigenvalue weighted by Gasteiger charge is 2.15. The van der Waals surface area contributed by atoms with Crippen molar-refractivity contribution in [1.82, 2.24) is 14.5 Å². The van der Waals surface area contributed by atoms with Crippen molar-refractivity contribution >= 4 is 22.5 Å². The van der Waals surface area contributed by atoms with Gasteiger partial charge in [-0.3, -0.25) is 0 Å². The Bertz CT molecular complexity index is 1230. The van der Waals surface area contributed by atoms with E-state index in [1.54, 1.807) is 6.33 Å². The van der Waals surface area contributed by atoms with Gasteiger partial charge in [-0.25, -0.2) is 9.97 Å². The lowest BCUT2D eigenvalue weighted by Crippen LogP contribution is -2.03. The lowest BCUT2D eigenvalue weighted by molar-refractivity contribution is 0.831. The highest BCUT2D eigenvalue weighted by atomic mass is 15.1. The summed E-state index contributed by atoms with van der Waals surface area (Å²) in [5, 5.41) is 4.44. The minimum atomic E-state index is 0.746. The average Bonchev–Trinajstić information content (AvgIpc) is 3.15. The molecule has 0 aliphatic heterocycles. The predicted octanol–water partition coefficient (Wildman–Crippen LogP) is 5.89. The third-order valence-electron chi connectivity index (χ3n) is 4.98. The molecule has 0 aliphatic rings. The van der Waals surface area contributed by atoms with E-state index < -0.39 is 0 Å². The number of hydrogen-bond donors (Lipinski definition) is 1. The van der Waals surface area contributed by atoms with Gasteiger partial charge in [0.05, 0.1) is 11.1 Å². The topological polar surface area (TPSA) is 42.7 Å². The Morgan fingerprint density at radius 3 is 2.10 bits per heavy atom. The Kier molecular flexibility index (Phi) is 4.51. The second kappa shape index (κ2) is 7.60. The van der Waals surface area contributed by atoms with Crippen LogP contribution in [0.4, 0.5) is 11.5 Å². The largest absolute Gasteiger partial charge is 0.340 e. The molecule has 0 amide bonds. The molecule has 0 unspecified atom stereocenters. The van der Waals surface area contributed by atoms with Gasteiger partial charge in [0.15, 0.2) is 0 Å². The fourth-order valence-corrected chi connectivity index (χ4v) is 3.59. The Morgan fingerprint density at radius 1 is 0.724 bits per heavy atom. The maximum atomic E-state index is 4.64. The number of hydrogen-bond acceptors (Lipinski definition) is 3. The summed E-state index contributed by atoms with van der Waals surface area (Å²) >= 11 is 0. The number of para-hydroxylation sites is 1. The van der Waals surface area contributed by atoms with Crippen LogP contribution in [-0.2, 0) is 6.54 Å². The van der Waals surface area contributed by atoms with E-state index in [1.807, 2.05) is 42.5 Å². The van der Waals surface area contributed by atoms with E-state index in [1.165, 1.54) is 5.56 Å². The summed E-state index contributed by atoms with van der Waals surface area (Å²) in [5.41, 5.74) is 5.44. The Hall–Kier alpha value is -3.92. The summed E-state index contributed by atoms with van der Waals surface area (Å²) in [6.45, 7) is 0.746. The first-order valence-electron chi connectivity index (χ1n) is 9.64. The summed E-state index contributed by atoms with van der Waals surface area (Å²) in [7, 11) is 0. The Labute approximate surface area is 169 Å². The maximum absolute atomic E-state index is 4.64. The van der Waals surface area contributed by atoms with Crippen LogP contribution in [0, 0.1) is 0 Å². The summed E-state index contributed by atoms with van der Waals surface area (Å²) in [6, 6.07) is 33.2. The van der Waals surface area contributed by atoms with Gasteiger partial charge < -0.3 is 9.88 Å². The molecule has 0 fully saturated rings. The number of aromatic nitrogens is 3. The predicted molar refractivity (Wildman–Crippen MR) is 118 cm³/mol. The molecule has 0 bridgehead atoms. The van der Waals surface area contributed by atoms with Crippen LogP contribution in [0.15, 0.2) is 103 Å². The van der Waals surface area contributed by atoms with Crippen LogP contribution in [0.25, 0.3) is 22.3 Å². The van der Waals surface area contributed by atoms with Crippen molar-refractivity contribution < 1.29 is 0 Å². The molecule has 4 heteroatoms. The van der Waals surface area contributed by atoms with Crippen LogP contribution in [-0.4, -0.2) is 14.5 Å². The molecular weight excluding hydrogens is 356 g/mol. The van der Waals surface area contributed by atoms with Crippen LogP contribution < -0.4 is 5.32 Å². The number of fused-ring (bicyclic) bond motifs is 1. The standard InChI is InChI=1S/C25H20N4/c1-4-10-19(11-5-1)17-29-23(20-12-6-2-7-13-20)16-22-24(26-18-27-25(22)29)28-21-14-8-3-9-15-21/h1-16,18H,17H2,(H,26,27,28). The van der Waals surface area contributed by atoms with Crippen molar-refractivity contribution in [3.8, 4) is 11.3 Å². The van der Waals surface area contributed by atoms with Crippen molar-refractivity contribution in [3.63, 3.8) is 0 Å².